The highest BCUT2D eigenvalue weighted by Gasteiger charge is 2.21. The Morgan fingerprint density at radius 3 is 2.50 bits per heavy atom. The van der Waals surface area contributed by atoms with Crippen molar-refractivity contribution in [2.45, 2.75) is 4.90 Å². The molecular formula is C10H12FN3O5S. The van der Waals surface area contributed by atoms with Gasteiger partial charge in [-0.1, -0.05) is 0 Å². The summed E-state index contributed by atoms with van der Waals surface area (Å²) in [6.07, 6.45) is 0. The van der Waals surface area contributed by atoms with Crippen LogP contribution in [0.2, 0.25) is 0 Å². The topological polar surface area (TPSA) is 110 Å². The summed E-state index contributed by atoms with van der Waals surface area (Å²) in [5, 5.41) is 10.4. The average molecular weight is 305 g/mol. The molecule has 0 unspecified atom stereocenters. The lowest BCUT2D eigenvalue weighted by atomic mass is 10.3. The van der Waals surface area contributed by atoms with E-state index in [1.165, 1.54) is 19.0 Å². The summed E-state index contributed by atoms with van der Waals surface area (Å²) >= 11 is 0. The predicted molar refractivity (Wildman–Crippen MR) is 66.9 cm³/mol. The number of rotatable bonds is 5. The van der Waals surface area contributed by atoms with Crippen LogP contribution in [0, 0.1) is 15.9 Å². The normalized spacial score (nSPS) is 11.2. The van der Waals surface area contributed by atoms with Crippen LogP contribution >= 0.6 is 0 Å². The Hall–Kier alpha value is -2.07. The number of nitrogens with zero attached hydrogens (tertiary/aromatic N) is 2. The Morgan fingerprint density at radius 2 is 2.05 bits per heavy atom. The number of benzene rings is 1. The molecule has 20 heavy (non-hydrogen) atoms. The second kappa shape index (κ2) is 5.92. The van der Waals surface area contributed by atoms with E-state index in [2.05, 4.69) is 0 Å². The number of carbonyl (C=O) groups excluding carboxylic acids is 1. The summed E-state index contributed by atoms with van der Waals surface area (Å²) < 4.78 is 38.9. The van der Waals surface area contributed by atoms with Crippen LogP contribution in [-0.4, -0.2) is 44.8 Å². The van der Waals surface area contributed by atoms with Crippen molar-refractivity contribution >= 4 is 21.6 Å². The molecule has 1 aromatic carbocycles. The second-order valence-electron chi connectivity index (χ2n) is 3.98. The van der Waals surface area contributed by atoms with Crippen LogP contribution in [-0.2, 0) is 14.8 Å². The zero-order valence-corrected chi connectivity index (χ0v) is 11.5. The van der Waals surface area contributed by atoms with Crippen LogP contribution in [0.4, 0.5) is 10.1 Å². The fourth-order valence-electron chi connectivity index (χ4n) is 1.20. The second-order valence-corrected chi connectivity index (χ2v) is 5.75. The summed E-state index contributed by atoms with van der Waals surface area (Å²) in [7, 11) is -1.22. The smallest absolute Gasteiger partial charge is 0.304 e. The number of hydrogen-bond acceptors (Lipinski definition) is 5. The molecule has 0 aromatic heterocycles. The van der Waals surface area contributed by atoms with Crippen LogP contribution < -0.4 is 4.72 Å². The van der Waals surface area contributed by atoms with E-state index < -0.39 is 43.8 Å². The molecule has 1 N–H and O–H groups in total. The van der Waals surface area contributed by atoms with Gasteiger partial charge in [0.2, 0.25) is 21.7 Å². The minimum atomic E-state index is -4.11. The fourth-order valence-corrected chi connectivity index (χ4v) is 2.19. The van der Waals surface area contributed by atoms with Crippen LogP contribution in [0.15, 0.2) is 23.1 Å². The molecule has 10 heteroatoms. The number of halogens is 1. The van der Waals surface area contributed by atoms with Gasteiger partial charge in [0, 0.05) is 26.2 Å². The summed E-state index contributed by atoms with van der Waals surface area (Å²) in [6, 6.07) is 2.17. The highest BCUT2D eigenvalue weighted by Crippen LogP contribution is 2.20. The Bertz CT molecular complexity index is 644. The molecule has 0 saturated carbocycles. The van der Waals surface area contributed by atoms with Crippen molar-refractivity contribution in [1.29, 1.82) is 0 Å². The molecule has 1 rings (SSSR count). The third-order valence-corrected chi connectivity index (χ3v) is 3.74. The van der Waals surface area contributed by atoms with E-state index in [1.807, 2.05) is 4.72 Å². The van der Waals surface area contributed by atoms with Gasteiger partial charge in [-0.25, -0.2) is 13.1 Å². The number of nitro benzene ring substituents is 1. The molecule has 0 saturated heterocycles. The van der Waals surface area contributed by atoms with E-state index in [-0.39, 0.29) is 0 Å². The van der Waals surface area contributed by atoms with Crippen molar-refractivity contribution in [1.82, 2.24) is 9.62 Å². The number of sulfonamides is 1. The Balaban J connectivity index is 2.96. The molecule has 0 aliphatic heterocycles. The SMILES string of the molecule is CN(C)C(=O)CNS(=O)(=O)c1ccc([N+](=O)[O-])c(F)c1. The molecule has 0 radical (unpaired) electrons. The van der Waals surface area contributed by atoms with Gasteiger partial charge in [-0.2, -0.15) is 4.39 Å². The summed E-state index contributed by atoms with van der Waals surface area (Å²) in [5.41, 5.74) is -0.826. The third-order valence-electron chi connectivity index (χ3n) is 2.34. The Labute approximate surface area is 114 Å². The molecule has 0 spiro atoms. The molecule has 0 atom stereocenters. The average Bonchev–Trinajstić information content (AvgIpc) is 2.35. The van der Waals surface area contributed by atoms with Crippen molar-refractivity contribution in [3.8, 4) is 0 Å². The van der Waals surface area contributed by atoms with Gasteiger partial charge in [0.05, 0.1) is 16.4 Å². The minimum Gasteiger partial charge on any atom is -0.348 e. The van der Waals surface area contributed by atoms with Gasteiger partial charge in [-0.3, -0.25) is 14.9 Å². The van der Waals surface area contributed by atoms with Crippen molar-refractivity contribution in [3.05, 3.63) is 34.1 Å². The first-order valence-corrected chi connectivity index (χ1v) is 6.77. The highest BCUT2D eigenvalue weighted by molar-refractivity contribution is 7.89. The van der Waals surface area contributed by atoms with E-state index in [0.29, 0.717) is 6.07 Å². The number of carbonyl (C=O) groups is 1. The van der Waals surface area contributed by atoms with Crippen molar-refractivity contribution in [2.75, 3.05) is 20.6 Å². The van der Waals surface area contributed by atoms with E-state index in [9.17, 15) is 27.7 Å². The molecule has 0 bridgehead atoms. The molecule has 8 nitrogen and oxygen atoms in total. The van der Waals surface area contributed by atoms with Crippen molar-refractivity contribution < 1.29 is 22.5 Å². The minimum absolute atomic E-state index is 0.490. The zero-order valence-electron chi connectivity index (χ0n) is 10.7. The van der Waals surface area contributed by atoms with Crippen LogP contribution in [0.5, 0.6) is 0 Å². The fraction of sp³-hybridized carbons (Fsp3) is 0.300. The molecule has 1 aromatic rings. The molecular weight excluding hydrogens is 293 g/mol. The van der Waals surface area contributed by atoms with E-state index in [0.717, 1.165) is 12.1 Å². The maximum absolute atomic E-state index is 13.3. The van der Waals surface area contributed by atoms with Crippen LogP contribution in [0.25, 0.3) is 0 Å². The van der Waals surface area contributed by atoms with Crippen LogP contribution in [0.3, 0.4) is 0 Å². The zero-order chi connectivity index (χ0) is 15.5. The van der Waals surface area contributed by atoms with E-state index >= 15 is 0 Å². The summed E-state index contributed by atoms with van der Waals surface area (Å²) in [4.78, 5) is 21.4. The Morgan fingerprint density at radius 1 is 1.45 bits per heavy atom. The number of likely N-dealkylation sites (N-methyl/N-ethyl adjacent to an activating group) is 1. The number of hydrogen-bond donors (Lipinski definition) is 1. The first kappa shape index (κ1) is 16.0. The quantitative estimate of drug-likeness (QED) is 0.613. The molecule has 0 aliphatic rings. The summed E-state index contributed by atoms with van der Waals surface area (Å²) in [5.74, 6) is -1.76. The lowest BCUT2D eigenvalue weighted by molar-refractivity contribution is -0.387. The largest absolute Gasteiger partial charge is 0.348 e. The van der Waals surface area contributed by atoms with E-state index in [1.54, 1.807) is 0 Å². The van der Waals surface area contributed by atoms with Gasteiger partial charge in [-0.05, 0) is 6.07 Å². The van der Waals surface area contributed by atoms with E-state index in [4.69, 9.17) is 0 Å². The maximum atomic E-state index is 13.3. The van der Waals surface area contributed by atoms with Crippen LogP contribution in [0.1, 0.15) is 0 Å². The van der Waals surface area contributed by atoms with Gasteiger partial charge in [-0.15, -0.1) is 0 Å². The molecule has 0 fully saturated rings. The first-order valence-electron chi connectivity index (χ1n) is 5.29. The highest BCUT2D eigenvalue weighted by atomic mass is 32.2. The lowest BCUT2D eigenvalue weighted by Crippen LogP contribution is -2.36. The first-order chi connectivity index (χ1) is 9.15. The standard InChI is InChI=1S/C10H12FN3O5S/c1-13(2)10(15)6-12-20(18,19)7-3-4-9(14(16)17)8(11)5-7/h3-5,12H,6H2,1-2H3. The third kappa shape index (κ3) is 3.71. The number of nitrogens with one attached hydrogen (secondary N) is 1. The van der Waals surface area contributed by atoms with Gasteiger partial charge in [0.15, 0.2) is 0 Å². The van der Waals surface area contributed by atoms with Gasteiger partial charge in [0.1, 0.15) is 0 Å². The van der Waals surface area contributed by atoms with Gasteiger partial charge in [0.25, 0.3) is 0 Å². The summed E-state index contributed by atoms with van der Waals surface area (Å²) in [6.45, 7) is -0.492. The number of nitro groups is 1. The van der Waals surface area contributed by atoms with Crippen molar-refractivity contribution in [2.24, 2.45) is 0 Å². The molecule has 0 aliphatic carbocycles. The number of amides is 1. The maximum Gasteiger partial charge on any atom is 0.304 e. The molecule has 0 heterocycles. The monoisotopic (exact) mass is 305 g/mol. The molecule has 1 amide bonds. The lowest BCUT2D eigenvalue weighted by Gasteiger charge is -2.11. The van der Waals surface area contributed by atoms with Crippen molar-refractivity contribution in [3.63, 3.8) is 0 Å². The predicted octanol–water partition coefficient (Wildman–Crippen LogP) is 0.100. The van der Waals surface area contributed by atoms with Gasteiger partial charge < -0.3 is 4.90 Å². The van der Waals surface area contributed by atoms with Gasteiger partial charge >= 0.3 is 5.69 Å². The molecule has 110 valence electrons. The Kier molecular flexibility index (Phi) is 4.73.